The number of aromatic nitrogens is 3. The number of rotatable bonds is 4. The van der Waals surface area contributed by atoms with Crippen molar-refractivity contribution in [2.45, 2.75) is 0 Å². The summed E-state index contributed by atoms with van der Waals surface area (Å²) in [5, 5.41) is 6.94. The maximum Gasteiger partial charge on any atom is 0.244 e. The number of hydrogen-bond acceptors (Lipinski definition) is 5. The summed E-state index contributed by atoms with van der Waals surface area (Å²) in [5.41, 5.74) is 7.43. The highest BCUT2D eigenvalue weighted by Crippen LogP contribution is 2.29. The number of benzene rings is 3. The molecule has 0 radical (unpaired) electrons. The Hall–Kier alpha value is -3.83. The summed E-state index contributed by atoms with van der Waals surface area (Å²) in [4.78, 5) is 13.7. The molecule has 0 saturated heterocycles. The van der Waals surface area contributed by atoms with Gasteiger partial charge < -0.3 is 0 Å². The van der Waals surface area contributed by atoms with Gasteiger partial charge in [-0.3, -0.25) is 4.98 Å². The molecule has 144 valence electrons. The molecule has 0 saturated carbocycles. The molecule has 0 bridgehead atoms. The lowest BCUT2D eigenvalue weighted by atomic mass is 10.1. The van der Waals surface area contributed by atoms with Gasteiger partial charge in [0.25, 0.3) is 0 Å². The van der Waals surface area contributed by atoms with Gasteiger partial charge in [-0.1, -0.05) is 60.1 Å². The second kappa shape index (κ2) is 7.89. The van der Waals surface area contributed by atoms with Crippen molar-refractivity contribution >= 4 is 45.6 Å². The molecular weight excluding hydrogens is 394 g/mol. The topological polar surface area (TPSA) is 63.1 Å². The molecule has 0 aliphatic heterocycles. The second-order valence-corrected chi connectivity index (χ2v) is 7.15. The van der Waals surface area contributed by atoms with Crippen molar-refractivity contribution in [3.8, 4) is 11.3 Å². The third kappa shape index (κ3) is 3.58. The van der Waals surface area contributed by atoms with Crippen LogP contribution in [-0.4, -0.2) is 21.2 Å². The normalized spacial score (nSPS) is 11.4. The third-order valence-corrected chi connectivity index (χ3v) is 4.99. The van der Waals surface area contributed by atoms with Crippen LogP contribution in [0.4, 0.5) is 5.95 Å². The van der Waals surface area contributed by atoms with E-state index in [0.717, 1.165) is 38.6 Å². The van der Waals surface area contributed by atoms with Gasteiger partial charge in [0.05, 0.1) is 22.9 Å². The molecule has 3 aromatic carbocycles. The minimum absolute atomic E-state index is 0.415. The molecule has 0 unspecified atom stereocenters. The van der Waals surface area contributed by atoms with Crippen LogP contribution in [0.5, 0.6) is 0 Å². The molecule has 0 spiro atoms. The number of halogens is 1. The number of nitrogens with one attached hydrogen (secondary N) is 1. The molecule has 5 nitrogen and oxygen atoms in total. The number of anilines is 1. The first-order valence-electron chi connectivity index (χ1n) is 9.43. The fourth-order valence-electron chi connectivity index (χ4n) is 3.37. The van der Waals surface area contributed by atoms with E-state index in [2.05, 4.69) is 20.5 Å². The molecule has 30 heavy (non-hydrogen) atoms. The Bertz CT molecular complexity index is 1380. The predicted molar refractivity (Wildman–Crippen MR) is 123 cm³/mol. The average molecular weight is 410 g/mol. The Kier molecular flexibility index (Phi) is 4.79. The van der Waals surface area contributed by atoms with Gasteiger partial charge in [0.15, 0.2) is 0 Å². The Morgan fingerprint density at radius 1 is 0.800 bits per heavy atom. The SMILES string of the molecule is Clc1ccc2nc(NN=Cc3cccc4ncccc34)nc(-c3ccccc3)c2c1. The van der Waals surface area contributed by atoms with Gasteiger partial charge in [0.2, 0.25) is 5.95 Å². The quantitative estimate of drug-likeness (QED) is 0.294. The molecule has 5 aromatic rings. The fourth-order valence-corrected chi connectivity index (χ4v) is 3.54. The molecule has 1 N–H and O–H groups in total. The Balaban J connectivity index is 1.53. The van der Waals surface area contributed by atoms with Crippen LogP contribution in [0.2, 0.25) is 5.02 Å². The third-order valence-electron chi connectivity index (χ3n) is 4.75. The van der Waals surface area contributed by atoms with Crippen LogP contribution in [0.3, 0.4) is 0 Å². The van der Waals surface area contributed by atoms with Gasteiger partial charge in [-0.2, -0.15) is 5.10 Å². The molecule has 0 aliphatic rings. The Morgan fingerprint density at radius 3 is 2.60 bits per heavy atom. The van der Waals surface area contributed by atoms with Gasteiger partial charge >= 0.3 is 0 Å². The second-order valence-electron chi connectivity index (χ2n) is 6.71. The number of hydrogen-bond donors (Lipinski definition) is 1. The highest BCUT2D eigenvalue weighted by Gasteiger charge is 2.10. The van der Waals surface area contributed by atoms with Gasteiger partial charge in [0, 0.05) is 33.1 Å². The summed E-state index contributed by atoms with van der Waals surface area (Å²) in [6, 6.07) is 25.4. The van der Waals surface area contributed by atoms with Crippen LogP contribution < -0.4 is 5.43 Å². The summed E-state index contributed by atoms with van der Waals surface area (Å²) in [6.07, 6.45) is 3.53. The van der Waals surface area contributed by atoms with Crippen LogP contribution in [0.1, 0.15) is 5.56 Å². The maximum atomic E-state index is 6.22. The van der Waals surface area contributed by atoms with E-state index < -0.39 is 0 Å². The summed E-state index contributed by atoms with van der Waals surface area (Å²) in [5.74, 6) is 0.415. The first kappa shape index (κ1) is 18.2. The standard InChI is InChI=1S/C24H16ClN5/c25-18-11-12-22-20(14-18)23(16-6-2-1-3-7-16)29-24(28-22)30-27-15-17-8-4-10-21-19(17)9-5-13-26-21/h1-15H,(H,28,29,30). The first-order valence-corrected chi connectivity index (χ1v) is 9.81. The van der Waals surface area contributed by atoms with Crippen molar-refractivity contribution in [2.75, 3.05) is 5.43 Å². The van der Waals surface area contributed by atoms with Crippen LogP contribution in [0, 0.1) is 0 Å². The van der Waals surface area contributed by atoms with E-state index in [-0.39, 0.29) is 0 Å². The average Bonchev–Trinajstić information content (AvgIpc) is 2.79. The van der Waals surface area contributed by atoms with E-state index in [9.17, 15) is 0 Å². The Labute approximate surface area is 178 Å². The van der Waals surface area contributed by atoms with Gasteiger partial charge in [-0.25, -0.2) is 15.4 Å². The van der Waals surface area contributed by atoms with Crippen LogP contribution in [0.15, 0.2) is 90.2 Å². The highest BCUT2D eigenvalue weighted by atomic mass is 35.5. The molecule has 0 atom stereocenters. The fraction of sp³-hybridized carbons (Fsp3) is 0. The molecule has 6 heteroatoms. The van der Waals surface area contributed by atoms with Crippen LogP contribution in [0.25, 0.3) is 33.1 Å². The highest BCUT2D eigenvalue weighted by molar-refractivity contribution is 6.31. The predicted octanol–water partition coefficient (Wildman–Crippen LogP) is 5.94. The maximum absolute atomic E-state index is 6.22. The van der Waals surface area contributed by atoms with E-state index >= 15 is 0 Å². The lowest BCUT2D eigenvalue weighted by Gasteiger charge is -2.09. The summed E-state index contributed by atoms with van der Waals surface area (Å²) in [6.45, 7) is 0. The zero-order valence-electron chi connectivity index (χ0n) is 15.8. The number of nitrogens with zero attached hydrogens (tertiary/aromatic N) is 4. The van der Waals surface area contributed by atoms with Crippen molar-refractivity contribution < 1.29 is 0 Å². The molecule has 0 fully saturated rings. The summed E-state index contributed by atoms with van der Waals surface area (Å²) >= 11 is 6.22. The largest absolute Gasteiger partial charge is 0.256 e. The number of pyridine rings is 1. The van der Waals surface area contributed by atoms with E-state index in [1.54, 1.807) is 12.4 Å². The Morgan fingerprint density at radius 2 is 1.70 bits per heavy atom. The van der Waals surface area contributed by atoms with Crippen LogP contribution >= 0.6 is 11.6 Å². The smallest absolute Gasteiger partial charge is 0.244 e. The lowest BCUT2D eigenvalue weighted by molar-refractivity contribution is 1.16. The molecule has 0 aliphatic carbocycles. The minimum atomic E-state index is 0.415. The summed E-state index contributed by atoms with van der Waals surface area (Å²) in [7, 11) is 0. The van der Waals surface area contributed by atoms with E-state index in [1.807, 2.05) is 78.9 Å². The minimum Gasteiger partial charge on any atom is -0.256 e. The molecule has 2 heterocycles. The van der Waals surface area contributed by atoms with Crippen molar-refractivity contribution in [2.24, 2.45) is 5.10 Å². The van der Waals surface area contributed by atoms with Gasteiger partial charge in [-0.15, -0.1) is 0 Å². The number of hydrazone groups is 1. The molecule has 5 rings (SSSR count). The molecule has 0 amide bonds. The van der Waals surface area contributed by atoms with Gasteiger partial charge in [-0.05, 0) is 30.3 Å². The van der Waals surface area contributed by atoms with Crippen LogP contribution in [-0.2, 0) is 0 Å². The van der Waals surface area contributed by atoms with E-state index in [0.29, 0.717) is 11.0 Å². The number of fused-ring (bicyclic) bond motifs is 2. The lowest BCUT2D eigenvalue weighted by Crippen LogP contribution is -2.00. The van der Waals surface area contributed by atoms with E-state index in [4.69, 9.17) is 16.6 Å². The van der Waals surface area contributed by atoms with Crippen molar-refractivity contribution in [1.29, 1.82) is 0 Å². The zero-order valence-corrected chi connectivity index (χ0v) is 16.6. The first-order chi connectivity index (χ1) is 14.8. The van der Waals surface area contributed by atoms with Crippen molar-refractivity contribution in [1.82, 2.24) is 15.0 Å². The monoisotopic (exact) mass is 409 g/mol. The van der Waals surface area contributed by atoms with Crippen molar-refractivity contribution in [3.63, 3.8) is 0 Å². The summed E-state index contributed by atoms with van der Waals surface area (Å²) < 4.78 is 0. The van der Waals surface area contributed by atoms with Gasteiger partial charge in [0.1, 0.15) is 0 Å². The van der Waals surface area contributed by atoms with E-state index in [1.165, 1.54) is 0 Å². The zero-order chi connectivity index (χ0) is 20.3. The van der Waals surface area contributed by atoms with Crippen molar-refractivity contribution in [3.05, 3.63) is 95.6 Å². The molecular formula is C24H16ClN5. The molecule has 2 aromatic heterocycles.